The van der Waals surface area contributed by atoms with Crippen molar-refractivity contribution in [2.45, 2.75) is 58.2 Å². The number of benzene rings is 1. The smallest absolute Gasteiger partial charge is 0.407 e. The van der Waals surface area contributed by atoms with Gasteiger partial charge in [-0.2, -0.15) is 10.2 Å². The molecular formula is C22H27FN6O2. The first-order valence-corrected chi connectivity index (χ1v) is 10.2. The summed E-state index contributed by atoms with van der Waals surface area (Å²) >= 11 is 0. The molecule has 0 spiro atoms. The molecule has 9 heteroatoms. The Bertz CT molecular complexity index is 1010. The van der Waals surface area contributed by atoms with Gasteiger partial charge in [-0.1, -0.05) is 6.07 Å². The lowest BCUT2D eigenvalue weighted by molar-refractivity contribution is 0.0497. The molecule has 164 valence electrons. The number of carbonyl (C=O) groups excluding carboxylic acids is 1. The second kappa shape index (κ2) is 8.76. The van der Waals surface area contributed by atoms with Crippen LogP contribution in [-0.4, -0.2) is 40.3 Å². The number of hydrogen-bond acceptors (Lipinski definition) is 7. The van der Waals surface area contributed by atoms with E-state index in [-0.39, 0.29) is 23.6 Å². The number of anilines is 2. The molecule has 1 saturated heterocycles. The second-order valence-electron chi connectivity index (χ2n) is 8.70. The van der Waals surface area contributed by atoms with Gasteiger partial charge in [-0.15, -0.1) is 0 Å². The summed E-state index contributed by atoms with van der Waals surface area (Å²) in [6, 6.07) is 7.89. The van der Waals surface area contributed by atoms with Gasteiger partial charge in [0, 0.05) is 30.3 Å². The molecule has 0 bridgehead atoms. The highest BCUT2D eigenvalue weighted by Gasteiger charge is 2.29. The van der Waals surface area contributed by atoms with Crippen molar-refractivity contribution < 1.29 is 13.9 Å². The van der Waals surface area contributed by atoms with Gasteiger partial charge in [-0.3, -0.25) is 0 Å². The summed E-state index contributed by atoms with van der Waals surface area (Å²) < 4.78 is 19.4. The Hall–Kier alpha value is -3.41. The molecule has 2 heterocycles. The van der Waals surface area contributed by atoms with Crippen LogP contribution in [0.5, 0.6) is 0 Å². The van der Waals surface area contributed by atoms with Gasteiger partial charge < -0.3 is 20.7 Å². The zero-order valence-corrected chi connectivity index (χ0v) is 18.1. The van der Waals surface area contributed by atoms with E-state index in [1.807, 2.05) is 25.7 Å². The van der Waals surface area contributed by atoms with E-state index in [4.69, 9.17) is 15.7 Å². The SMILES string of the molecule is C[C@@H]1CC[C@H](NC(=O)OC(C)(C)C)CN1c1cc(-c2ccc(C#N)c(F)c2)nc(N)n1. The van der Waals surface area contributed by atoms with Gasteiger partial charge in [0.25, 0.3) is 0 Å². The Labute approximate surface area is 181 Å². The van der Waals surface area contributed by atoms with Crippen LogP contribution in [0.1, 0.15) is 46.1 Å². The Morgan fingerprint density at radius 1 is 1.32 bits per heavy atom. The fourth-order valence-electron chi connectivity index (χ4n) is 3.53. The molecule has 3 rings (SSSR count). The average molecular weight is 426 g/mol. The molecule has 0 unspecified atom stereocenters. The van der Waals surface area contributed by atoms with Crippen LogP contribution >= 0.6 is 0 Å². The minimum absolute atomic E-state index is 0.0355. The average Bonchev–Trinajstić information content (AvgIpc) is 2.67. The number of halogens is 1. The molecule has 1 amide bonds. The number of nitrogens with two attached hydrogens (primary N) is 1. The van der Waals surface area contributed by atoms with Crippen LogP contribution in [0.3, 0.4) is 0 Å². The number of amides is 1. The second-order valence-corrected chi connectivity index (χ2v) is 8.70. The van der Waals surface area contributed by atoms with Crippen molar-refractivity contribution in [1.82, 2.24) is 15.3 Å². The number of nitrogens with zero attached hydrogens (tertiary/aromatic N) is 4. The number of nitriles is 1. The normalized spacial score (nSPS) is 18.9. The lowest BCUT2D eigenvalue weighted by Gasteiger charge is -2.39. The minimum Gasteiger partial charge on any atom is -0.444 e. The Morgan fingerprint density at radius 3 is 2.71 bits per heavy atom. The third-order valence-electron chi connectivity index (χ3n) is 5.01. The van der Waals surface area contributed by atoms with Crippen molar-refractivity contribution in [3.63, 3.8) is 0 Å². The molecule has 2 aromatic rings. The molecule has 1 aliphatic heterocycles. The van der Waals surface area contributed by atoms with Crippen molar-refractivity contribution in [3.8, 4) is 17.3 Å². The molecule has 1 fully saturated rings. The van der Waals surface area contributed by atoms with Crippen molar-refractivity contribution >= 4 is 17.9 Å². The van der Waals surface area contributed by atoms with E-state index < -0.39 is 17.5 Å². The number of aromatic nitrogens is 2. The van der Waals surface area contributed by atoms with Gasteiger partial charge in [0.1, 0.15) is 23.3 Å². The Balaban J connectivity index is 1.83. The molecule has 0 radical (unpaired) electrons. The van der Waals surface area contributed by atoms with Crippen LogP contribution in [0.25, 0.3) is 11.3 Å². The molecule has 1 aliphatic rings. The molecule has 2 atom stereocenters. The van der Waals surface area contributed by atoms with Gasteiger partial charge >= 0.3 is 6.09 Å². The summed E-state index contributed by atoms with van der Waals surface area (Å²) in [6.45, 7) is 8.05. The highest BCUT2D eigenvalue weighted by Crippen LogP contribution is 2.28. The number of piperidine rings is 1. The van der Waals surface area contributed by atoms with E-state index >= 15 is 0 Å². The third kappa shape index (κ3) is 5.60. The molecule has 8 nitrogen and oxygen atoms in total. The summed E-state index contributed by atoms with van der Waals surface area (Å²) in [5.41, 5.74) is 6.29. The van der Waals surface area contributed by atoms with Gasteiger partial charge in [0.15, 0.2) is 0 Å². The number of nitrogen functional groups attached to an aromatic ring is 1. The number of hydrogen-bond donors (Lipinski definition) is 2. The van der Waals surface area contributed by atoms with E-state index in [1.54, 1.807) is 18.2 Å². The minimum atomic E-state index is -0.619. The zero-order chi connectivity index (χ0) is 22.8. The molecular weight excluding hydrogens is 399 g/mol. The monoisotopic (exact) mass is 426 g/mol. The predicted molar refractivity (Wildman–Crippen MR) is 116 cm³/mol. The van der Waals surface area contributed by atoms with Crippen molar-refractivity contribution in [2.24, 2.45) is 0 Å². The maximum absolute atomic E-state index is 14.1. The van der Waals surface area contributed by atoms with Gasteiger partial charge in [0.2, 0.25) is 5.95 Å². The molecule has 3 N–H and O–H groups in total. The van der Waals surface area contributed by atoms with Gasteiger partial charge in [-0.25, -0.2) is 14.2 Å². The molecule has 0 saturated carbocycles. The van der Waals surface area contributed by atoms with Gasteiger partial charge in [0.05, 0.1) is 11.3 Å². The zero-order valence-electron chi connectivity index (χ0n) is 18.1. The Morgan fingerprint density at radius 2 is 2.06 bits per heavy atom. The fourth-order valence-corrected chi connectivity index (χ4v) is 3.53. The largest absolute Gasteiger partial charge is 0.444 e. The first-order valence-electron chi connectivity index (χ1n) is 10.2. The summed E-state index contributed by atoms with van der Waals surface area (Å²) in [7, 11) is 0. The highest BCUT2D eigenvalue weighted by molar-refractivity contribution is 5.69. The predicted octanol–water partition coefficient (Wildman–Crippen LogP) is 3.62. The first-order chi connectivity index (χ1) is 14.6. The summed E-state index contributed by atoms with van der Waals surface area (Å²) in [4.78, 5) is 22.8. The lowest BCUT2D eigenvalue weighted by atomic mass is 9.99. The van der Waals surface area contributed by atoms with Crippen molar-refractivity contribution in [3.05, 3.63) is 35.6 Å². The molecule has 0 aliphatic carbocycles. The number of carbonyl (C=O) groups is 1. The first kappa shape index (κ1) is 22.3. The fraction of sp³-hybridized carbons (Fsp3) is 0.455. The third-order valence-corrected chi connectivity index (χ3v) is 5.01. The topological polar surface area (TPSA) is 117 Å². The lowest BCUT2D eigenvalue weighted by Crippen LogP contribution is -2.52. The van der Waals surface area contributed by atoms with Crippen molar-refractivity contribution in [1.29, 1.82) is 5.26 Å². The van der Waals surface area contributed by atoms with Gasteiger partial charge in [-0.05, 0) is 52.7 Å². The van der Waals surface area contributed by atoms with E-state index in [0.29, 0.717) is 23.6 Å². The van der Waals surface area contributed by atoms with Crippen LogP contribution < -0.4 is 16.0 Å². The number of rotatable bonds is 3. The number of nitrogens with one attached hydrogen (secondary N) is 1. The van der Waals surface area contributed by atoms with E-state index in [1.165, 1.54) is 12.1 Å². The van der Waals surface area contributed by atoms with Crippen LogP contribution in [0, 0.1) is 17.1 Å². The maximum atomic E-state index is 14.1. The van der Waals surface area contributed by atoms with Crippen LogP contribution in [-0.2, 0) is 4.74 Å². The Kier molecular flexibility index (Phi) is 6.29. The number of alkyl carbamates (subject to hydrolysis) is 1. The molecule has 1 aromatic carbocycles. The van der Waals surface area contributed by atoms with Crippen molar-refractivity contribution in [2.75, 3.05) is 17.2 Å². The van der Waals surface area contributed by atoms with Crippen LogP contribution in [0.4, 0.5) is 21.0 Å². The summed E-state index contributed by atoms with van der Waals surface area (Å²) in [5, 5.41) is 11.9. The number of ether oxygens (including phenoxy) is 1. The summed E-state index contributed by atoms with van der Waals surface area (Å²) in [6.07, 6.45) is 1.19. The van der Waals surface area contributed by atoms with Crippen LogP contribution in [0.15, 0.2) is 24.3 Å². The summed E-state index contributed by atoms with van der Waals surface area (Å²) in [5.74, 6) is 0.0360. The maximum Gasteiger partial charge on any atom is 0.407 e. The van der Waals surface area contributed by atoms with Crippen LogP contribution in [0.2, 0.25) is 0 Å². The van der Waals surface area contributed by atoms with E-state index in [9.17, 15) is 9.18 Å². The van der Waals surface area contributed by atoms with E-state index in [0.717, 1.165) is 12.8 Å². The van der Waals surface area contributed by atoms with E-state index in [2.05, 4.69) is 22.2 Å². The standard InChI is InChI=1S/C22H27FN6O2/c1-13-5-8-16(26-21(30)31-22(2,3)4)12-29(13)19-10-18(27-20(25)28-19)14-6-7-15(11-24)17(23)9-14/h6-7,9-10,13,16H,5,8,12H2,1-4H3,(H,26,30)(H2,25,27,28)/t13-,16+/m1/s1. The quantitative estimate of drug-likeness (QED) is 0.770. The molecule has 1 aromatic heterocycles. The highest BCUT2D eigenvalue weighted by atomic mass is 19.1. The molecule has 31 heavy (non-hydrogen) atoms.